The molecule has 1 aliphatic rings. The number of rotatable bonds is 15. The molecule has 0 saturated carbocycles. The van der Waals surface area contributed by atoms with E-state index in [-0.39, 0.29) is 56.9 Å². The quantitative estimate of drug-likeness (QED) is 0.157. The van der Waals surface area contributed by atoms with Crippen molar-refractivity contribution in [3.63, 3.8) is 0 Å². The molecular formula is C31H39IN2O10. The summed E-state index contributed by atoms with van der Waals surface area (Å²) in [7, 11) is 4.49. The van der Waals surface area contributed by atoms with E-state index in [4.69, 9.17) is 18.9 Å². The summed E-state index contributed by atoms with van der Waals surface area (Å²) in [5.74, 6) is -0.249. The normalized spacial score (nSPS) is 17.7. The number of carbonyl (C=O) groups excluding carboxylic acids is 3. The third-order valence-corrected chi connectivity index (χ3v) is 8.07. The minimum absolute atomic E-state index is 0.00411. The lowest BCUT2D eigenvalue weighted by molar-refractivity contribution is -0.149. The van der Waals surface area contributed by atoms with Gasteiger partial charge in [-0.25, -0.2) is 0 Å². The van der Waals surface area contributed by atoms with Crippen LogP contribution in [0, 0.1) is 3.57 Å². The Labute approximate surface area is 270 Å². The van der Waals surface area contributed by atoms with E-state index in [2.05, 4.69) is 5.32 Å². The molecule has 44 heavy (non-hydrogen) atoms. The number of hydrogen-bond donors (Lipinski definition) is 4. The topological polar surface area (TPSA) is 164 Å². The molecule has 4 N–H and O–H groups in total. The average molecular weight is 727 g/mol. The van der Waals surface area contributed by atoms with Crippen LogP contribution in [0.25, 0.3) is 0 Å². The number of aliphatic hydroxyl groups excluding tert-OH is 3. The zero-order valence-electron chi connectivity index (χ0n) is 25.2. The summed E-state index contributed by atoms with van der Waals surface area (Å²) in [6.45, 7) is 1.08. The molecule has 0 aromatic heterocycles. The van der Waals surface area contributed by atoms with Gasteiger partial charge in [0.25, 0.3) is 5.91 Å². The molecule has 0 saturated heterocycles. The second-order valence-electron chi connectivity index (χ2n) is 9.99. The molecule has 3 rings (SSSR count). The first-order chi connectivity index (χ1) is 21.1. The maximum atomic E-state index is 13.5. The van der Waals surface area contributed by atoms with Crippen LogP contribution in [0.15, 0.2) is 42.0 Å². The lowest BCUT2D eigenvalue weighted by Crippen LogP contribution is -2.56. The zero-order valence-corrected chi connectivity index (χ0v) is 27.3. The summed E-state index contributed by atoms with van der Waals surface area (Å²) in [4.78, 5) is 40.7. The van der Waals surface area contributed by atoms with Gasteiger partial charge in [-0.3, -0.25) is 14.4 Å². The van der Waals surface area contributed by atoms with Gasteiger partial charge >= 0.3 is 0 Å². The Balaban J connectivity index is 2.05. The van der Waals surface area contributed by atoms with E-state index < -0.39 is 35.8 Å². The summed E-state index contributed by atoms with van der Waals surface area (Å²) >= 11 is 2.02. The Hall–Kier alpha value is -3.40. The molecule has 12 nitrogen and oxygen atoms in total. The van der Waals surface area contributed by atoms with E-state index in [9.17, 15) is 29.7 Å². The molecule has 2 aromatic rings. The average Bonchev–Trinajstić information content (AvgIpc) is 3.04. The highest BCUT2D eigenvalue weighted by Gasteiger charge is 2.42. The van der Waals surface area contributed by atoms with Crippen LogP contribution in [0.2, 0.25) is 0 Å². The molecule has 3 atom stereocenters. The zero-order chi connectivity index (χ0) is 32.4. The first-order valence-electron chi connectivity index (χ1n) is 14.1. The number of halogens is 1. The van der Waals surface area contributed by atoms with E-state index >= 15 is 0 Å². The maximum Gasteiger partial charge on any atom is 0.290 e. The van der Waals surface area contributed by atoms with Crippen molar-refractivity contribution in [2.24, 2.45) is 0 Å². The summed E-state index contributed by atoms with van der Waals surface area (Å²) in [6, 6.07) is 7.51. The van der Waals surface area contributed by atoms with E-state index in [1.165, 1.54) is 32.3 Å². The molecule has 3 unspecified atom stereocenters. The molecule has 0 bridgehead atoms. The van der Waals surface area contributed by atoms with Crippen molar-refractivity contribution in [1.82, 2.24) is 10.2 Å². The molecule has 1 aliphatic carbocycles. The van der Waals surface area contributed by atoms with Gasteiger partial charge in [0.15, 0.2) is 11.5 Å². The SMILES string of the molecule is CCC(=O)C(=O)N(CCc1cc(OC)ccc1OC)C1CC(C(=O)NCCO)=CC(Oc2c(I)cc(CO)cc2OC)C1O. The first kappa shape index (κ1) is 35.1. The van der Waals surface area contributed by atoms with Crippen molar-refractivity contribution in [1.29, 1.82) is 0 Å². The number of amides is 2. The molecule has 2 aromatic carbocycles. The largest absolute Gasteiger partial charge is 0.497 e. The highest BCUT2D eigenvalue weighted by atomic mass is 127. The number of ketones is 1. The predicted molar refractivity (Wildman–Crippen MR) is 169 cm³/mol. The first-order valence-corrected chi connectivity index (χ1v) is 15.2. The third kappa shape index (κ3) is 8.40. The van der Waals surface area contributed by atoms with Crippen LogP contribution >= 0.6 is 22.6 Å². The smallest absolute Gasteiger partial charge is 0.290 e. The summed E-state index contributed by atoms with van der Waals surface area (Å²) < 4.78 is 23.1. The molecule has 240 valence electrons. The van der Waals surface area contributed by atoms with Gasteiger partial charge in [-0.05, 0) is 76.5 Å². The molecule has 0 heterocycles. The Morgan fingerprint density at radius 1 is 1.05 bits per heavy atom. The summed E-state index contributed by atoms with van der Waals surface area (Å²) in [6.07, 6.45) is -0.894. The fourth-order valence-corrected chi connectivity index (χ4v) is 5.74. The number of nitrogens with one attached hydrogen (secondary N) is 1. The summed E-state index contributed by atoms with van der Waals surface area (Å²) in [5.41, 5.74) is 1.51. The van der Waals surface area contributed by atoms with E-state index in [1.807, 2.05) is 22.6 Å². The molecule has 0 radical (unpaired) electrons. The van der Waals surface area contributed by atoms with E-state index in [0.29, 0.717) is 31.9 Å². The van der Waals surface area contributed by atoms with Crippen molar-refractivity contribution in [2.75, 3.05) is 41.0 Å². The number of hydrogen-bond acceptors (Lipinski definition) is 10. The van der Waals surface area contributed by atoms with Gasteiger partial charge in [0.1, 0.15) is 23.7 Å². The molecular weight excluding hydrogens is 687 g/mol. The fourth-order valence-electron chi connectivity index (χ4n) is 4.94. The Kier molecular flexibility index (Phi) is 13.2. The van der Waals surface area contributed by atoms with Crippen LogP contribution in [0.4, 0.5) is 0 Å². The fraction of sp³-hybridized carbons (Fsp3) is 0.452. The van der Waals surface area contributed by atoms with Crippen LogP contribution in [0.1, 0.15) is 30.9 Å². The number of nitrogens with zero attached hydrogens (tertiary/aromatic N) is 1. The molecule has 2 amide bonds. The van der Waals surface area contributed by atoms with Gasteiger partial charge in [0, 0.05) is 31.5 Å². The van der Waals surface area contributed by atoms with Gasteiger partial charge < -0.3 is 44.5 Å². The van der Waals surface area contributed by atoms with Crippen molar-refractivity contribution in [3.8, 4) is 23.0 Å². The highest BCUT2D eigenvalue weighted by molar-refractivity contribution is 14.1. The van der Waals surface area contributed by atoms with Crippen molar-refractivity contribution < 1.29 is 48.7 Å². The molecule has 0 fully saturated rings. The lowest BCUT2D eigenvalue weighted by atomic mass is 9.87. The Morgan fingerprint density at radius 2 is 1.77 bits per heavy atom. The minimum atomic E-state index is -1.36. The predicted octanol–water partition coefficient (Wildman–Crippen LogP) is 1.78. The number of benzene rings is 2. The lowest BCUT2D eigenvalue weighted by Gasteiger charge is -2.40. The van der Waals surface area contributed by atoms with Crippen molar-refractivity contribution >= 4 is 40.2 Å². The van der Waals surface area contributed by atoms with Crippen molar-refractivity contribution in [3.05, 3.63) is 56.7 Å². The Morgan fingerprint density at radius 3 is 2.39 bits per heavy atom. The van der Waals surface area contributed by atoms with Gasteiger partial charge in [-0.15, -0.1) is 0 Å². The number of aliphatic hydroxyl groups is 3. The van der Waals surface area contributed by atoms with Crippen LogP contribution in [-0.2, 0) is 27.4 Å². The second-order valence-corrected chi connectivity index (χ2v) is 11.1. The van der Waals surface area contributed by atoms with Crippen molar-refractivity contribution in [2.45, 2.75) is 51.0 Å². The monoisotopic (exact) mass is 726 g/mol. The molecule has 0 spiro atoms. The second kappa shape index (κ2) is 16.6. The highest BCUT2D eigenvalue weighted by Crippen LogP contribution is 2.37. The Bertz CT molecular complexity index is 1370. The maximum absolute atomic E-state index is 13.5. The van der Waals surface area contributed by atoms with E-state index in [1.54, 1.807) is 37.3 Å². The molecule has 0 aliphatic heterocycles. The molecule has 13 heteroatoms. The van der Waals surface area contributed by atoms with Crippen LogP contribution < -0.4 is 24.3 Å². The number of methoxy groups -OCH3 is 3. The van der Waals surface area contributed by atoms with Gasteiger partial charge in [-0.2, -0.15) is 0 Å². The van der Waals surface area contributed by atoms with E-state index in [0.717, 1.165) is 0 Å². The summed E-state index contributed by atoms with van der Waals surface area (Å²) in [5, 5.41) is 33.2. The third-order valence-electron chi connectivity index (χ3n) is 7.27. The standard InChI is InChI=1S/C31H39IN2O10/c1-5-24(37)31(40)34(10-8-19-14-21(41-2)6-7-25(19)42-3)23-15-20(30(39)33-9-11-35)16-26(28(23)38)44-29-22(32)12-18(17-36)13-27(29)43-4/h6-7,12-14,16,23,26,28,35-36,38H,5,8-11,15,17H2,1-4H3,(H,33,39). The number of carbonyl (C=O) groups is 3. The number of Topliss-reactive ketones (excluding diaryl/α,β-unsaturated/α-hetero) is 1. The van der Waals surface area contributed by atoms with Crippen LogP contribution in [0.5, 0.6) is 23.0 Å². The van der Waals surface area contributed by atoms with Crippen LogP contribution in [0.3, 0.4) is 0 Å². The van der Waals surface area contributed by atoms with Gasteiger partial charge in [0.2, 0.25) is 11.7 Å². The van der Waals surface area contributed by atoms with Gasteiger partial charge in [-0.1, -0.05) is 6.92 Å². The number of ether oxygens (including phenoxy) is 4. The van der Waals surface area contributed by atoms with Crippen LogP contribution in [-0.4, -0.2) is 97.1 Å². The van der Waals surface area contributed by atoms with Gasteiger partial charge in [0.05, 0.1) is 44.2 Å². The minimum Gasteiger partial charge on any atom is -0.497 e.